The summed E-state index contributed by atoms with van der Waals surface area (Å²) in [6, 6.07) is 2.81. The molecule has 1 aliphatic rings. The summed E-state index contributed by atoms with van der Waals surface area (Å²) in [4.78, 5) is 4.34. The monoisotopic (exact) mass is 275 g/mol. The summed E-state index contributed by atoms with van der Waals surface area (Å²) in [6.07, 6.45) is 8.41. The minimum atomic E-state index is 0.552. The molecular weight excluding hydrogens is 254 g/mol. The van der Waals surface area contributed by atoms with E-state index < -0.39 is 0 Å². The van der Waals surface area contributed by atoms with Crippen molar-refractivity contribution in [2.75, 3.05) is 6.54 Å². The van der Waals surface area contributed by atoms with Crippen molar-refractivity contribution in [3.8, 4) is 0 Å². The first kappa shape index (κ1) is 12.9. The van der Waals surface area contributed by atoms with E-state index in [1.807, 2.05) is 5.51 Å². The average molecular weight is 275 g/mol. The van der Waals surface area contributed by atoms with E-state index in [-0.39, 0.29) is 0 Å². The van der Waals surface area contributed by atoms with Gasteiger partial charge in [-0.2, -0.15) is 0 Å². The van der Waals surface area contributed by atoms with Crippen molar-refractivity contribution in [2.24, 2.45) is 5.92 Å². The number of aromatic nitrogens is 2. The molecule has 19 heavy (non-hydrogen) atoms. The molecule has 1 fully saturated rings. The first-order valence-corrected chi connectivity index (χ1v) is 8.07. The van der Waals surface area contributed by atoms with Crippen LogP contribution in [0.4, 0.5) is 0 Å². The van der Waals surface area contributed by atoms with Crippen LogP contribution >= 0.6 is 11.3 Å². The van der Waals surface area contributed by atoms with Crippen LogP contribution in [0.25, 0.3) is 0 Å². The van der Waals surface area contributed by atoms with Crippen LogP contribution in [-0.2, 0) is 6.54 Å². The molecule has 0 aromatic carbocycles. The summed E-state index contributed by atoms with van der Waals surface area (Å²) >= 11 is 1.66. The third-order valence-corrected chi connectivity index (χ3v) is 4.30. The van der Waals surface area contributed by atoms with Crippen LogP contribution in [0.5, 0.6) is 0 Å². The smallest absolute Gasteiger partial charge is 0.0795 e. The van der Waals surface area contributed by atoms with E-state index in [1.165, 1.54) is 24.8 Å². The lowest BCUT2D eigenvalue weighted by atomic mass is 10.1. The molecule has 0 amide bonds. The minimum absolute atomic E-state index is 0.552. The van der Waals surface area contributed by atoms with Gasteiger partial charge in [0.25, 0.3) is 0 Å². The van der Waals surface area contributed by atoms with Crippen LogP contribution in [0.2, 0.25) is 0 Å². The largest absolute Gasteiger partial charge is 0.348 e. The number of thiazole rings is 1. The van der Waals surface area contributed by atoms with Crippen LogP contribution in [0.3, 0.4) is 0 Å². The molecule has 0 bridgehead atoms. The minimum Gasteiger partial charge on any atom is -0.348 e. The van der Waals surface area contributed by atoms with Crippen LogP contribution in [0.1, 0.15) is 43.5 Å². The molecule has 1 aliphatic carbocycles. The Kier molecular flexibility index (Phi) is 3.99. The van der Waals surface area contributed by atoms with Crippen molar-refractivity contribution in [3.63, 3.8) is 0 Å². The van der Waals surface area contributed by atoms with Crippen molar-refractivity contribution in [1.29, 1.82) is 0 Å². The summed E-state index contributed by atoms with van der Waals surface area (Å²) in [5.74, 6) is 0.849. The summed E-state index contributed by atoms with van der Waals surface area (Å²) in [5, 5.41) is 5.81. The number of hydrogen-bond donors (Lipinski definition) is 1. The van der Waals surface area contributed by atoms with Gasteiger partial charge in [0.2, 0.25) is 0 Å². The van der Waals surface area contributed by atoms with Crippen LogP contribution < -0.4 is 5.32 Å². The molecule has 1 saturated carbocycles. The van der Waals surface area contributed by atoms with Crippen LogP contribution in [0, 0.1) is 5.92 Å². The Morgan fingerprint density at radius 2 is 2.42 bits per heavy atom. The third-order valence-electron chi connectivity index (χ3n) is 3.67. The Bertz CT molecular complexity index is 499. The fourth-order valence-corrected chi connectivity index (χ4v) is 3.08. The molecule has 102 valence electrons. The van der Waals surface area contributed by atoms with E-state index in [9.17, 15) is 0 Å². The number of nitrogens with one attached hydrogen (secondary N) is 1. The normalized spacial score (nSPS) is 16.7. The molecule has 3 rings (SSSR count). The van der Waals surface area contributed by atoms with Crippen molar-refractivity contribution in [1.82, 2.24) is 14.9 Å². The molecule has 0 spiro atoms. The lowest BCUT2D eigenvalue weighted by molar-refractivity contribution is 0.480. The van der Waals surface area contributed by atoms with Gasteiger partial charge in [-0.05, 0) is 43.4 Å². The van der Waals surface area contributed by atoms with Gasteiger partial charge in [-0.1, -0.05) is 6.92 Å². The summed E-state index contributed by atoms with van der Waals surface area (Å²) in [7, 11) is 0. The van der Waals surface area contributed by atoms with E-state index in [0.717, 1.165) is 24.7 Å². The van der Waals surface area contributed by atoms with Gasteiger partial charge in [0.05, 0.1) is 17.7 Å². The van der Waals surface area contributed by atoms with Crippen molar-refractivity contribution in [2.45, 2.75) is 38.8 Å². The molecular formula is C15H21N3S. The molecule has 1 unspecified atom stereocenters. The van der Waals surface area contributed by atoms with Crippen LogP contribution in [-0.4, -0.2) is 16.1 Å². The first-order valence-electron chi connectivity index (χ1n) is 7.13. The zero-order chi connectivity index (χ0) is 13.1. The van der Waals surface area contributed by atoms with Gasteiger partial charge < -0.3 is 9.88 Å². The Morgan fingerprint density at radius 1 is 1.53 bits per heavy atom. The maximum atomic E-state index is 4.34. The lowest BCUT2D eigenvalue weighted by Crippen LogP contribution is -2.23. The Balaban J connectivity index is 1.68. The van der Waals surface area contributed by atoms with E-state index in [4.69, 9.17) is 0 Å². The van der Waals surface area contributed by atoms with E-state index in [2.05, 4.69) is 45.6 Å². The van der Waals surface area contributed by atoms with Gasteiger partial charge in [0, 0.05) is 23.8 Å². The lowest BCUT2D eigenvalue weighted by Gasteiger charge is -2.16. The van der Waals surface area contributed by atoms with Gasteiger partial charge in [-0.15, -0.1) is 11.3 Å². The maximum absolute atomic E-state index is 4.34. The van der Waals surface area contributed by atoms with Gasteiger partial charge in [-0.3, -0.25) is 0 Å². The van der Waals surface area contributed by atoms with Gasteiger partial charge in [-0.25, -0.2) is 4.98 Å². The zero-order valence-corrected chi connectivity index (χ0v) is 12.2. The maximum Gasteiger partial charge on any atom is 0.0795 e. The fourth-order valence-electron chi connectivity index (χ4n) is 2.53. The zero-order valence-electron chi connectivity index (χ0n) is 11.4. The molecule has 1 atom stereocenters. The summed E-state index contributed by atoms with van der Waals surface area (Å²) in [6.45, 7) is 4.22. The molecule has 2 aromatic heterocycles. The molecule has 0 aliphatic heterocycles. The third kappa shape index (κ3) is 3.25. The molecule has 3 nitrogen and oxygen atoms in total. The van der Waals surface area contributed by atoms with Crippen LogP contribution in [0.15, 0.2) is 29.4 Å². The molecule has 4 heteroatoms. The highest BCUT2D eigenvalue weighted by Gasteiger charge is 2.32. The highest BCUT2D eigenvalue weighted by molar-refractivity contribution is 7.07. The van der Waals surface area contributed by atoms with Gasteiger partial charge >= 0.3 is 0 Å². The Morgan fingerprint density at radius 3 is 3.11 bits per heavy atom. The quantitative estimate of drug-likeness (QED) is 0.839. The van der Waals surface area contributed by atoms with Gasteiger partial charge in [0.15, 0.2) is 0 Å². The van der Waals surface area contributed by atoms with Crippen molar-refractivity contribution in [3.05, 3.63) is 40.6 Å². The molecule has 2 heterocycles. The number of hydrogen-bond acceptors (Lipinski definition) is 3. The fraction of sp³-hybridized carbons (Fsp3) is 0.533. The molecule has 2 aromatic rings. The molecule has 1 N–H and O–H groups in total. The second-order valence-electron chi connectivity index (χ2n) is 5.37. The first-order chi connectivity index (χ1) is 9.36. The standard InChI is InChI=1S/C15H21N3S/c1-2-6-16-15(12-3-4-12)13-5-7-18(8-13)9-14-10-19-11-17-14/h5,7-8,10-12,15-16H,2-4,6,9H2,1H3. The van der Waals surface area contributed by atoms with Gasteiger partial charge in [0.1, 0.15) is 0 Å². The van der Waals surface area contributed by atoms with E-state index >= 15 is 0 Å². The number of rotatable bonds is 7. The Hall–Kier alpha value is -1.13. The second-order valence-corrected chi connectivity index (χ2v) is 6.08. The highest BCUT2D eigenvalue weighted by Crippen LogP contribution is 2.41. The SMILES string of the molecule is CCCNC(c1ccn(Cc2cscn2)c1)C1CC1. The predicted octanol–water partition coefficient (Wildman–Crippen LogP) is 3.44. The molecule has 0 saturated heterocycles. The average Bonchev–Trinajstić information content (AvgIpc) is 2.93. The summed E-state index contributed by atoms with van der Waals surface area (Å²) < 4.78 is 2.24. The second kappa shape index (κ2) is 5.88. The Labute approximate surface area is 118 Å². The van der Waals surface area contributed by atoms with Crippen molar-refractivity contribution < 1.29 is 0 Å². The highest BCUT2D eigenvalue weighted by atomic mass is 32.1. The van der Waals surface area contributed by atoms with E-state index in [0.29, 0.717) is 6.04 Å². The predicted molar refractivity (Wildman–Crippen MR) is 79.4 cm³/mol. The molecule has 0 radical (unpaired) electrons. The van der Waals surface area contributed by atoms with Crippen molar-refractivity contribution >= 4 is 11.3 Å². The number of nitrogens with zero attached hydrogens (tertiary/aromatic N) is 2. The topological polar surface area (TPSA) is 29.9 Å². The summed E-state index contributed by atoms with van der Waals surface area (Å²) in [5.41, 5.74) is 4.48. The van der Waals surface area contributed by atoms with E-state index in [1.54, 1.807) is 11.3 Å².